The van der Waals surface area contributed by atoms with Gasteiger partial charge >= 0.3 is 7.82 Å². The molecule has 1 aromatic carbocycles. The summed E-state index contributed by atoms with van der Waals surface area (Å²) < 4.78 is 21.7. The van der Waals surface area contributed by atoms with E-state index in [1.807, 2.05) is 20.8 Å². The molecule has 21 heavy (non-hydrogen) atoms. The first kappa shape index (κ1) is 18.1. The highest BCUT2D eigenvalue weighted by Gasteiger charge is 2.18. The SMILES string of the molecule is CC[NH+](CC)C/C(=C\Cl)OP(=O)([O-])Oc1ccc(C)cc1. The molecule has 7 heteroatoms. The minimum Gasteiger partial charge on any atom is -0.736 e. The van der Waals surface area contributed by atoms with Crippen LogP contribution in [0.2, 0.25) is 0 Å². The fourth-order valence-corrected chi connectivity index (χ4v) is 2.73. The van der Waals surface area contributed by atoms with Crippen LogP contribution in [0.1, 0.15) is 19.4 Å². The molecule has 0 aliphatic carbocycles. The number of rotatable bonds is 8. The largest absolute Gasteiger partial charge is 0.736 e. The molecule has 1 aromatic rings. The lowest BCUT2D eigenvalue weighted by Gasteiger charge is -2.26. The highest BCUT2D eigenvalue weighted by Crippen LogP contribution is 2.41. The molecule has 1 N–H and O–H groups in total. The molecule has 0 aliphatic heterocycles. The summed E-state index contributed by atoms with van der Waals surface area (Å²) in [5, 5.41) is 0. The summed E-state index contributed by atoms with van der Waals surface area (Å²) in [7, 11) is -4.50. The zero-order chi connectivity index (χ0) is 15.9. The summed E-state index contributed by atoms with van der Waals surface area (Å²) in [6.45, 7) is 7.99. The predicted molar refractivity (Wildman–Crippen MR) is 81.3 cm³/mol. The van der Waals surface area contributed by atoms with Crippen molar-refractivity contribution in [1.29, 1.82) is 0 Å². The van der Waals surface area contributed by atoms with E-state index in [2.05, 4.69) is 0 Å². The summed E-state index contributed by atoms with van der Waals surface area (Å²) in [4.78, 5) is 13.0. The third-order valence-corrected chi connectivity index (χ3v) is 4.15. The van der Waals surface area contributed by atoms with Gasteiger partial charge in [0.2, 0.25) is 0 Å². The van der Waals surface area contributed by atoms with Crippen LogP contribution in [0.25, 0.3) is 0 Å². The summed E-state index contributed by atoms with van der Waals surface area (Å²) in [5.74, 6) is 0.379. The Morgan fingerprint density at radius 2 is 1.90 bits per heavy atom. The van der Waals surface area contributed by atoms with Crippen LogP contribution in [0.3, 0.4) is 0 Å². The molecule has 0 saturated carbocycles. The van der Waals surface area contributed by atoms with Crippen molar-refractivity contribution in [2.24, 2.45) is 0 Å². The zero-order valence-electron chi connectivity index (χ0n) is 12.5. The number of nitrogens with one attached hydrogen (secondary N) is 1. The number of benzene rings is 1. The average Bonchev–Trinajstić information content (AvgIpc) is 2.45. The van der Waals surface area contributed by atoms with Crippen LogP contribution in [-0.4, -0.2) is 19.6 Å². The van der Waals surface area contributed by atoms with Crippen molar-refractivity contribution in [3.8, 4) is 5.75 Å². The highest BCUT2D eigenvalue weighted by atomic mass is 35.5. The molecule has 0 amide bonds. The molecule has 0 aliphatic rings. The number of quaternary nitrogens is 1. The first-order valence-corrected chi connectivity index (χ1v) is 8.69. The van der Waals surface area contributed by atoms with Crippen molar-refractivity contribution in [1.82, 2.24) is 0 Å². The van der Waals surface area contributed by atoms with Crippen LogP contribution in [-0.2, 0) is 9.09 Å². The molecule has 0 bridgehead atoms. The van der Waals surface area contributed by atoms with Crippen molar-refractivity contribution < 1.29 is 23.4 Å². The van der Waals surface area contributed by atoms with Crippen molar-refractivity contribution >= 4 is 19.4 Å². The lowest BCUT2D eigenvalue weighted by atomic mass is 10.2. The van der Waals surface area contributed by atoms with E-state index in [9.17, 15) is 9.46 Å². The van der Waals surface area contributed by atoms with Crippen LogP contribution >= 0.6 is 19.4 Å². The molecule has 0 heterocycles. The second kappa shape index (κ2) is 8.44. The molecule has 1 unspecified atom stereocenters. The maximum Gasteiger partial charge on any atom is 0.372 e. The molecular formula is C14H21ClNO4P. The van der Waals surface area contributed by atoms with Gasteiger partial charge in [0.15, 0.2) is 5.76 Å². The monoisotopic (exact) mass is 333 g/mol. The Morgan fingerprint density at radius 1 is 1.33 bits per heavy atom. The molecule has 1 atom stereocenters. The molecule has 1 rings (SSSR count). The first-order valence-electron chi connectivity index (χ1n) is 6.80. The molecular weight excluding hydrogens is 313 g/mol. The van der Waals surface area contributed by atoms with Gasteiger partial charge in [-0.2, -0.15) is 0 Å². The number of aryl methyl sites for hydroxylation is 1. The van der Waals surface area contributed by atoms with Gasteiger partial charge in [0.1, 0.15) is 12.3 Å². The first-order chi connectivity index (χ1) is 9.90. The third kappa shape index (κ3) is 6.53. The minimum absolute atomic E-state index is 0.167. The number of phosphoric acid groups is 1. The van der Waals surface area contributed by atoms with Crippen LogP contribution < -0.4 is 14.3 Å². The molecule has 0 spiro atoms. The Labute approximate surface area is 130 Å². The Bertz CT molecular complexity index is 514. The van der Waals surface area contributed by atoms with Crippen LogP contribution in [0, 0.1) is 6.92 Å². The van der Waals surface area contributed by atoms with Gasteiger partial charge in [-0.05, 0) is 32.9 Å². The van der Waals surface area contributed by atoms with Gasteiger partial charge in [0.05, 0.1) is 13.1 Å². The zero-order valence-corrected chi connectivity index (χ0v) is 14.1. The van der Waals surface area contributed by atoms with Gasteiger partial charge in [-0.25, -0.2) is 4.57 Å². The van der Waals surface area contributed by atoms with Gasteiger partial charge in [0.25, 0.3) is 0 Å². The summed E-state index contributed by atoms with van der Waals surface area (Å²) in [5.41, 5.74) is 2.14. The van der Waals surface area contributed by atoms with Crippen LogP contribution in [0.15, 0.2) is 35.6 Å². The van der Waals surface area contributed by atoms with Crippen LogP contribution in [0.4, 0.5) is 0 Å². The summed E-state index contributed by atoms with van der Waals surface area (Å²) >= 11 is 5.64. The fraction of sp³-hybridized carbons (Fsp3) is 0.429. The van der Waals surface area contributed by atoms with E-state index in [1.54, 1.807) is 24.3 Å². The van der Waals surface area contributed by atoms with E-state index in [4.69, 9.17) is 20.6 Å². The maximum absolute atomic E-state index is 11.9. The normalized spacial score (nSPS) is 14.9. The number of hydrogen-bond acceptors (Lipinski definition) is 4. The van der Waals surface area contributed by atoms with E-state index in [0.717, 1.165) is 29.1 Å². The smallest absolute Gasteiger partial charge is 0.372 e. The molecule has 5 nitrogen and oxygen atoms in total. The number of halogens is 1. The molecule has 0 radical (unpaired) electrons. The Morgan fingerprint density at radius 3 is 2.38 bits per heavy atom. The molecule has 0 aromatic heterocycles. The van der Waals surface area contributed by atoms with E-state index < -0.39 is 7.82 Å². The van der Waals surface area contributed by atoms with Gasteiger partial charge in [-0.1, -0.05) is 29.3 Å². The van der Waals surface area contributed by atoms with Gasteiger partial charge in [0, 0.05) is 5.54 Å². The van der Waals surface area contributed by atoms with Crippen molar-refractivity contribution in [3.63, 3.8) is 0 Å². The van der Waals surface area contributed by atoms with E-state index >= 15 is 0 Å². The standard InChI is InChI=1S/C14H21ClNO4P/c1-4-16(5-2)11-14(10-15)20-21(17,18)19-13-8-6-12(3)7-9-13/h6-10H,4-5,11H2,1-3H3,(H,17,18)/b14-10+. The highest BCUT2D eigenvalue weighted by molar-refractivity contribution is 7.46. The van der Waals surface area contributed by atoms with Crippen LogP contribution in [0.5, 0.6) is 5.75 Å². The Balaban J connectivity index is 2.69. The molecule has 118 valence electrons. The second-order valence-electron chi connectivity index (χ2n) is 4.65. The summed E-state index contributed by atoms with van der Waals surface area (Å²) in [6, 6.07) is 6.66. The predicted octanol–water partition coefficient (Wildman–Crippen LogP) is 1.86. The third-order valence-electron chi connectivity index (χ3n) is 3.01. The number of phosphoric ester groups is 1. The van der Waals surface area contributed by atoms with Crippen molar-refractivity contribution in [2.45, 2.75) is 20.8 Å². The van der Waals surface area contributed by atoms with E-state index in [1.165, 1.54) is 0 Å². The van der Waals surface area contributed by atoms with Gasteiger partial charge in [-0.3, -0.25) is 0 Å². The topological polar surface area (TPSA) is 63.0 Å². The maximum atomic E-state index is 11.9. The second-order valence-corrected chi connectivity index (χ2v) is 6.13. The molecule has 0 saturated heterocycles. The summed E-state index contributed by atoms with van der Waals surface area (Å²) in [6.07, 6.45) is 0. The number of likely N-dealkylation sites (N-methyl/N-ethyl adjacent to an activating group) is 1. The van der Waals surface area contributed by atoms with Gasteiger partial charge in [-0.15, -0.1) is 0 Å². The van der Waals surface area contributed by atoms with Gasteiger partial charge < -0.3 is 18.8 Å². The van der Waals surface area contributed by atoms with E-state index in [-0.39, 0.29) is 11.5 Å². The van der Waals surface area contributed by atoms with Crippen molar-refractivity contribution in [3.05, 3.63) is 41.1 Å². The number of hydrogen-bond donors (Lipinski definition) is 1. The quantitative estimate of drug-likeness (QED) is 0.582. The Hall–Kier alpha value is -1.00. The lowest BCUT2D eigenvalue weighted by molar-refractivity contribution is -0.892. The fourth-order valence-electron chi connectivity index (χ4n) is 1.73. The average molecular weight is 334 g/mol. The lowest BCUT2D eigenvalue weighted by Crippen LogP contribution is -3.11. The van der Waals surface area contributed by atoms with Crippen molar-refractivity contribution in [2.75, 3.05) is 19.6 Å². The van der Waals surface area contributed by atoms with E-state index in [0.29, 0.717) is 6.54 Å². The Kier molecular flexibility index (Phi) is 7.26. The minimum atomic E-state index is -4.50. The molecule has 0 fully saturated rings.